The largest absolute Gasteiger partial charge is 0.507 e. The van der Waals surface area contributed by atoms with E-state index in [1.807, 2.05) is 13.2 Å². The number of carbonyl (C=O) groups is 4. The van der Waals surface area contributed by atoms with Crippen molar-refractivity contribution < 1.29 is 67.7 Å². The van der Waals surface area contributed by atoms with Crippen LogP contribution in [-0.4, -0.2) is 132 Å². The summed E-state index contributed by atoms with van der Waals surface area (Å²) in [7, 11) is 2.88. The van der Waals surface area contributed by atoms with Crippen LogP contribution in [0.25, 0.3) is 0 Å². The fraction of sp³-hybridized carbons (Fsp3) is 0.568. The Morgan fingerprint density at radius 2 is 1.85 bits per heavy atom. The summed E-state index contributed by atoms with van der Waals surface area (Å²) in [6.45, 7) is 2.04. The Hall–Kier alpha value is -3.61. The molecule has 2 aromatic carbocycles. The summed E-state index contributed by atoms with van der Waals surface area (Å²) in [6.07, 6.45) is -2.48. The molecule has 286 valence electrons. The second-order valence-electron chi connectivity index (χ2n) is 13.9. The van der Waals surface area contributed by atoms with Crippen LogP contribution in [0.1, 0.15) is 81.7 Å². The number of ketones is 3. The van der Waals surface area contributed by atoms with Gasteiger partial charge < -0.3 is 48.5 Å². The number of nitrogens with zero attached hydrogens (tertiary/aromatic N) is 1. The predicted molar refractivity (Wildman–Crippen MR) is 185 cm³/mol. The summed E-state index contributed by atoms with van der Waals surface area (Å²) < 4.78 is 40.9. The molecule has 0 saturated carbocycles. The maximum absolute atomic E-state index is 14.1. The van der Waals surface area contributed by atoms with Crippen molar-refractivity contribution in [2.45, 2.75) is 87.8 Å². The fourth-order valence-electron chi connectivity index (χ4n) is 8.26. The van der Waals surface area contributed by atoms with Gasteiger partial charge in [0.15, 0.2) is 31.2 Å². The summed E-state index contributed by atoms with van der Waals surface area (Å²) in [5, 5.41) is 35.8. The number of aromatic hydroxyl groups is 2. The van der Waals surface area contributed by atoms with Crippen LogP contribution < -0.4 is 4.74 Å². The number of phenolic OH excluding ortho intramolecular Hbond substituents is 2. The number of ether oxygens (including phenoxy) is 7. The molecule has 2 unspecified atom stereocenters. The van der Waals surface area contributed by atoms with Crippen molar-refractivity contribution in [2.24, 2.45) is 0 Å². The van der Waals surface area contributed by atoms with E-state index in [1.165, 1.54) is 32.4 Å². The van der Waals surface area contributed by atoms with Crippen LogP contribution in [0.2, 0.25) is 0 Å². The highest BCUT2D eigenvalue weighted by atomic mass is 32.2. The van der Waals surface area contributed by atoms with Crippen LogP contribution in [0.3, 0.4) is 0 Å². The van der Waals surface area contributed by atoms with E-state index in [-0.39, 0.29) is 53.0 Å². The topological polar surface area (TPSA) is 197 Å². The second kappa shape index (κ2) is 14.9. The van der Waals surface area contributed by atoms with Crippen LogP contribution in [0.15, 0.2) is 18.2 Å². The summed E-state index contributed by atoms with van der Waals surface area (Å²) in [5.74, 6) is -3.48. The van der Waals surface area contributed by atoms with E-state index < -0.39 is 102 Å². The van der Waals surface area contributed by atoms with Gasteiger partial charge >= 0.3 is 5.97 Å². The van der Waals surface area contributed by atoms with Crippen LogP contribution in [0, 0.1) is 0 Å². The minimum atomic E-state index is -2.28. The van der Waals surface area contributed by atoms with Crippen molar-refractivity contribution in [3.8, 4) is 17.2 Å². The molecule has 3 saturated heterocycles. The Morgan fingerprint density at radius 3 is 2.58 bits per heavy atom. The van der Waals surface area contributed by atoms with Crippen LogP contribution in [0.5, 0.6) is 17.2 Å². The van der Waals surface area contributed by atoms with Crippen LogP contribution in [0.4, 0.5) is 0 Å². The van der Waals surface area contributed by atoms with Gasteiger partial charge in [-0.1, -0.05) is 12.1 Å². The van der Waals surface area contributed by atoms with Crippen molar-refractivity contribution in [2.75, 3.05) is 46.0 Å². The lowest BCUT2D eigenvalue weighted by Gasteiger charge is -2.43. The number of esters is 1. The van der Waals surface area contributed by atoms with Crippen LogP contribution >= 0.6 is 11.8 Å². The van der Waals surface area contributed by atoms with Gasteiger partial charge in [0.05, 0.1) is 42.6 Å². The lowest BCUT2D eigenvalue weighted by atomic mass is 9.72. The maximum atomic E-state index is 14.1. The average molecular weight is 758 g/mol. The Bertz CT molecular complexity index is 1820. The van der Waals surface area contributed by atoms with Gasteiger partial charge in [0.25, 0.3) is 0 Å². The Labute approximate surface area is 309 Å². The molecule has 3 aliphatic heterocycles. The van der Waals surface area contributed by atoms with Gasteiger partial charge in [0.1, 0.15) is 29.0 Å². The van der Waals surface area contributed by atoms with E-state index in [9.17, 15) is 34.5 Å². The number of thioether (sulfide) groups is 1. The Balaban J connectivity index is 1.25. The van der Waals surface area contributed by atoms with Crippen molar-refractivity contribution in [3.05, 3.63) is 51.6 Å². The van der Waals surface area contributed by atoms with Crippen molar-refractivity contribution >= 4 is 35.1 Å². The summed E-state index contributed by atoms with van der Waals surface area (Å²) in [6, 6.07) is 4.24. The minimum absolute atomic E-state index is 0.0464. The number of rotatable bonds is 11. The lowest BCUT2D eigenvalue weighted by molar-refractivity contribution is -0.256. The molecular weight excluding hydrogens is 714 g/mol. The summed E-state index contributed by atoms with van der Waals surface area (Å²) >= 11 is 1.57. The molecule has 2 aliphatic carbocycles. The molecule has 0 bridgehead atoms. The number of hydrogen-bond donors (Lipinski definition) is 3. The smallest absolute Gasteiger partial charge is 0.306 e. The molecule has 7 rings (SSSR count). The minimum Gasteiger partial charge on any atom is -0.507 e. The third kappa shape index (κ3) is 6.52. The number of methoxy groups -OCH3 is 2. The third-order valence-electron chi connectivity index (χ3n) is 10.8. The molecule has 3 heterocycles. The number of carbonyl (C=O) groups excluding carboxylic acids is 4. The number of hydrogen-bond acceptors (Lipinski definition) is 16. The molecule has 16 heteroatoms. The zero-order valence-electron chi connectivity index (χ0n) is 29.8. The van der Waals surface area contributed by atoms with E-state index in [0.29, 0.717) is 19.6 Å². The SMILES string of the molecule is COc1cccc2c1C(=O)c1c(O)c3c(c(O)c1C2=O)C[C@@](O)(C(=O)COC(=O)CCCSC)C[C@@H]3O[C@H]1CC2[C@@H](O[C@@H]3[C@@H](OC)OCCN23)C(C)O1. The van der Waals surface area contributed by atoms with E-state index in [4.69, 9.17) is 33.2 Å². The number of fused-ring (bicyclic) bond motifs is 6. The Kier molecular flexibility index (Phi) is 10.6. The molecule has 15 nitrogen and oxygen atoms in total. The van der Waals surface area contributed by atoms with Gasteiger partial charge in [-0.2, -0.15) is 11.8 Å². The number of benzene rings is 2. The van der Waals surface area contributed by atoms with E-state index >= 15 is 0 Å². The fourth-order valence-corrected chi connectivity index (χ4v) is 8.69. The molecule has 53 heavy (non-hydrogen) atoms. The summed E-state index contributed by atoms with van der Waals surface area (Å²) in [4.78, 5) is 56.2. The first-order valence-corrected chi connectivity index (χ1v) is 19.0. The zero-order valence-corrected chi connectivity index (χ0v) is 30.6. The average Bonchev–Trinajstić information content (AvgIpc) is 3.53. The molecule has 0 aromatic heterocycles. The van der Waals surface area contributed by atoms with Gasteiger partial charge in [-0.15, -0.1) is 0 Å². The number of phenols is 2. The molecular formula is C37H43NO14S. The maximum Gasteiger partial charge on any atom is 0.306 e. The molecule has 0 spiro atoms. The van der Waals surface area contributed by atoms with Gasteiger partial charge in [-0.3, -0.25) is 24.1 Å². The second-order valence-corrected chi connectivity index (χ2v) is 14.9. The highest BCUT2D eigenvalue weighted by molar-refractivity contribution is 7.98. The lowest BCUT2D eigenvalue weighted by Crippen LogP contribution is -2.55. The van der Waals surface area contributed by atoms with Crippen molar-refractivity contribution in [3.63, 3.8) is 0 Å². The molecule has 0 radical (unpaired) electrons. The van der Waals surface area contributed by atoms with Gasteiger partial charge in [0, 0.05) is 62.1 Å². The van der Waals surface area contributed by atoms with E-state index in [1.54, 1.807) is 11.8 Å². The number of Topliss-reactive ketones (excluding diaryl/α,β-unsaturated/α-hetero) is 1. The van der Waals surface area contributed by atoms with Crippen molar-refractivity contribution in [1.29, 1.82) is 0 Å². The van der Waals surface area contributed by atoms with Gasteiger partial charge in [-0.05, 0) is 31.4 Å². The first-order chi connectivity index (χ1) is 25.4. The number of morpholine rings is 1. The highest BCUT2D eigenvalue weighted by Gasteiger charge is 2.55. The quantitative estimate of drug-likeness (QED) is 0.146. The molecule has 8 atom stereocenters. The molecule has 0 amide bonds. The Morgan fingerprint density at radius 1 is 1.08 bits per heavy atom. The molecule has 2 aromatic rings. The predicted octanol–water partition coefficient (Wildman–Crippen LogP) is 2.41. The van der Waals surface area contributed by atoms with Crippen molar-refractivity contribution in [1.82, 2.24) is 4.90 Å². The molecule has 5 aliphatic rings. The number of aliphatic hydroxyl groups is 1. The summed E-state index contributed by atoms with van der Waals surface area (Å²) in [5.41, 5.74) is -3.55. The van der Waals surface area contributed by atoms with E-state index in [2.05, 4.69) is 4.90 Å². The van der Waals surface area contributed by atoms with E-state index in [0.717, 1.165) is 5.75 Å². The third-order valence-corrected chi connectivity index (χ3v) is 11.5. The van der Waals surface area contributed by atoms with Gasteiger partial charge in [-0.25, -0.2) is 0 Å². The van der Waals surface area contributed by atoms with Gasteiger partial charge in [0.2, 0.25) is 11.6 Å². The monoisotopic (exact) mass is 757 g/mol. The first kappa shape index (κ1) is 37.7. The van der Waals surface area contributed by atoms with Crippen LogP contribution in [-0.2, 0) is 44.4 Å². The standard InChI is InChI=1S/C37H43NO14S/c1-17-34-20(38-10-11-48-36(47-3)35(38)52-34)13-25(50-17)51-22-15-37(45,23(39)16-49-24(40)9-6-12-53-4)14-19-27(22)33(44)29-28(31(19)42)30(41)18-7-5-8-21(46-2)26(18)32(29)43/h5,7-8,17,20,22,25,34-36,42,44-45H,6,9-16H2,1-4H3/t17?,20?,22-,25-,34-,35+,36-,37-/m0/s1. The highest BCUT2D eigenvalue weighted by Crippen LogP contribution is 2.53. The molecule has 3 fully saturated rings. The zero-order chi connectivity index (χ0) is 37.8. The first-order valence-electron chi connectivity index (χ1n) is 17.6. The molecule has 3 N–H and O–H groups in total. The normalized spacial score (nSPS) is 30.5.